The fourth-order valence-corrected chi connectivity index (χ4v) is 7.69. The number of carbonyl (C=O) groups is 1. The normalized spacial score (nSPS) is 37.6. The van der Waals surface area contributed by atoms with Gasteiger partial charge in [0.15, 0.2) is 10.9 Å². The Bertz CT molecular complexity index is 647. The van der Waals surface area contributed by atoms with E-state index in [1.54, 1.807) is 11.8 Å². The van der Waals surface area contributed by atoms with Gasteiger partial charge in [0, 0.05) is 18.4 Å². The molecule has 1 atom stereocenters. The minimum absolute atomic E-state index is 0.00278. The molecule has 0 spiro atoms. The lowest BCUT2D eigenvalue weighted by Crippen LogP contribution is -2.51. The smallest absolute Gasteiger partial charge is 0.191 e. The van der Waals surface area contributed by atoms with Crippen molar-refractivity contribution in [1.29, 1.82) is 0 Å². The first-order chi connectivity index (χ1) is 12.1. The third kappa shape index (κ3) is 2.77. The fourth-order valence-electron chi connectivity index (χ4n) is 6.60. The number of aryl methyl sites for hydroxylation is 1. The number of thioether (sulfide) groups is 1. The first-order valence-corrected chi connectivity index (χ1v) is 11.1. The Labute approximate surface area is 154 Å². The lowest BCUT2D eigenvalue weighted by atomic mass is 9.48. The predicted molar refractivity (Wildman–Crippen MR) is 98.5 cm³/mol. The molecule has 1 aromatic heterocycles. The molecule has 1 aromatic rings. The van der Waals surface area contributed by atoms with Crippen LogP contribution in [0.15, 0.2) is 5.16 Å². The molecule has 0 saturated heterocycles. The maximum absolute atomic E-state index is 13.5. The molecular formula is C20H29N3OS. The van der Waals surface area contributed by atoms with Gasteiger partial charge in [-0.15, -0.1) is 10.2 Å². The van der Waals surface area contributed by atoms with Gasteiger partial charge in [-0.2, -0.15) is 0 Å². The SMILES string of the molecule is C[C@H](Sc1nnc2n1CCCCC2)C(=O)C12CC3CC(CC(C3)C1)C2. The van der Waals surface area contributed by atoms with Crippen LogP contribution >= 0.6 is 11.8 Å². The van der Waals surface area contributed by atoms with Crippen LogP contribution < -0.4 is 0 Å². The van der Waals surface area contributed by atoms with E-state index in [4.69, 9.17) is 0 Å². The van der Waals surface area contributed by atoms with Crippen LogP contribution in [0.5, 0.6) is 0 Å². The summed E-state index contributed by atoms with van der Waals surface area (Å²) in [5.74, 6) is 4.13. The maximum Gasteiger partial charge on any atom is 0.191 e. The van der Waals surface area contributed by atoms with E-state index < -0.39 is 0 Å². The summed E-state index contributed by atoms with van der Waals surface area (Å²) < 4.78 is 2.28. The van der Waals surface area contributed by atoms with Gasteiger partial charge in [0.25, 0.3) is 0 Å². The van der Waals surface area contributed by atoms with Crippen LogP contribution in [0.25, 0.3) is 0 Å². The van der Waals surface area contributed by atoms with E-state index >= 15 is 0 Å². The second-order valence-corrected chi connectivity index (χ2v) is 10.5. The number of aromatic nitrogens is 3. The highest BCUT2D eigenvalue weighted by Crippen LogP contribution is 2.61. The molecule has 4 bridgehead atoms. The molecule has 1 aliphatic heterocycles. The van der Waals surface area contributed by atoms with Crippen LogP contribution in [0.3, 0.4) is 0 Å². The Morgan fingerprint density at radius 3 is 2.44 bits per heavy atom. The zero-order valence-corrected chi connectivity index (χ0v) is 16.1. The van der Waals surface area contributed by atoms with Crippen LogP contribution in [0, 0.1) is 23.2 Å². The summed E-state index contributed by atoms with van der Waals surface area (Å²) in [6.45, 7) is 3.13. The summed E-state index contributed by atoms with van der Waals surface area (Å²) in [5, 5.41) is 9.82. The van der Waals surface area contributed by atoms with Gasteiger partial charge >= 0.3 is 0 Å². The first-order valence-electron chi connectivity index (χ1n) is 10.3. The summed E-state index contributed by atoms with van der Waals surface area (Å²) in [6, 6.07) is 0. The quantitative estimate of drug-likeness (QED) is 0.753. The summed E-state index contributed by atoms with van der Waals surface area (Å²) in [5.41, 5.74) is 0.00278. The van der Waals surface area contributed by atoms with E-state index in [2.05, 4.69) is 21.7 Å². The average molecular weight is 360 g/mol. The Hall–Kier alpha value is -0.840. The van der Waals surface area contributed by atoms with Gasteiger partial charge in [0.2, 0.25) is 0 Å². The van der Waals surface area contributed by atoms with Crippen LogP contribution in [0.1, 0.15) is 70.5 Å². The molecular weight excluding hydrogens is 330 g/mol. The zero-order valence-electron chi connectivity index (χ0n) is 15.2. The van der Waals surface area contributed by atoms with Gasteiger partial charge in [-0.25, -0.2) is 0 Å². The summed E-state index contributed by atoms with van der Waals surface area (Å²) >= 11 is 1.67. The first kappa shape index (κ1) is 16.3. The zero-order chi connectivity index (χ0) is 17.0. The van der Waals surface area contributed by atoms with Crippen LogP contribution in [-0.4, -0.2) is 25.8 Å². The molecule has 0 N–H and O–H groups in total. The molecule has 0 radical (unpaired) electrons. The van der Waals surface area contributed by atoms with Gasteiger partial charge in [0.05, 0.1) is 5.25 Å². The highest BCUT2D eigenvalue weighted by atomic mass is 32.2. The molecule has 2 heterocycles. The monoisotopic (exact) mass is 359 g/mol. The number of carbonyl (C=O) groups excluding carboxylic acids is 1. The molecule has 0 unspecified atom stereocenters. The van der Waals surface area contributed by atoms with Gasteiger partial charge in [0.1, 0.15) is 5.82 Å². The van der Waals surface area contributed by atoms with Crippen molar-refractivity contribution in [2.24, 2.45) is 23.2 Å². The lowest BCUT2D eigenvalue weighted by Gasteiger charge is -2.56. The van der Waals surface area contributed by atoms with Gasteiger partial charge in [-0.3, -0.25) is 4.79 Å². The van der Waals surface area contributed by atoms with Crippen molar-refractivity contribution < 1.29 is 4.79 Å². The Morgan fingerprint density at radius 2 is 1.76 bits per heavy atom. The van der Waals surface area contributed by atoms with E-state index in [0.717, 1.165) is 41.7 Å². The second-order valence-electron chi connectivity index (χ2n) is 9.18. The number of nitrogens with zero attached hydrogens (tertiary/aromatic N) is 3. The third-order valence-corrected chi connectivity index (χ3v) is 8.37. The fraction of sp³-hybridized carbons (Fsp3) is 0.850. The highest BCUT2D eigenvalue weighted by Gasteiger charge is 2.55. The van der Waals surface area contributed by atoms with Crippen molar-refractivity contribution in [3.8, 4) is 0 Å². The van der Waals surface area contributed by atoms with Crippen molar-refractivity contribution in [1.82, 2.24) is 14.8 Å². The van der Waals surface area contributed by atoms with E-state index in [1.807, 2.05) is 0 Å². The Balaban J connectivity index is 1.34. The molecule has 6 rings (SSSR count). The average Bonchev–Trinajstić information content (AvgIpc) is 2.80. The number of Topliss-reactive ketones (excluding diaryl/α,β-unsaturated/α-hetero) is 1. The lowest BCUT2D eigenvalue weighted by molar-refractivity contribution is -0.142. The van der Waals surface area contributed by atoms with E-state index in [9.17, 15) is 4.79 Å². The van der Waals surface area contributed by atoms with Crippen molar-refractivity contribution >= 4 is 17.5 Å². The number of rotatable bonds is 4. The van der Waals surface area contributed by atoms with E-state index in [1.165, 1.54) is 57.8 Å². The summed E-state index contributed by atoms with van der Waals surface area (Å²) in [7, 11) is 0. The van der Waals surface area contributed by atoms with Crippen molar-refractivity contribution in [2.75, 3.05) is 0 Å². The van der Waals surface area contributed by atoms with E-state index in [-0.39, 0.29) is 10.7 Å². The molecule has 0 amide bonds. The summed E-state index contributed by atoms with van der Waals surface area (Å²) in [6.07, 6.45) is 12.4. The molecule has 4 nitrogen and oxygen atoms in total. The summed E-state index contributed by atoms with van der Waals surface area (Å²) in [4.78, 5) is 13.5. The van der Waals surface area contributed by atoms with Crippen molar-refractivity contribution in [3.05, 3.63) is 5.82 Å². The number of hydrogen-bond donors (Lipinski definition) is 0. The van der Waals surface area contributed by atoms with Gasteiger partial charge in [-0.05, 0) is 76.0 Å². The maximum atomic E-state index is 13.5. The second kappa shape index (κ2) is 6.11. The van der Waals surface area contributed by atoms with Gasteiger partial charge < -0.3 is 4.57 Å². The van der Waals surface area contributed by atoms with Crippen LogP contribution in [0.2, 0.25) is 0 Å². The highest BCUT2D eigenvalue weighted by molar-refractivity contribution is 8.00. The molecule has 4 fully saturated rings. The standard InChI is InChI=1S/C20H29N3OS/c1-13(25-19-22-21-17-5-3-2-4-6-23(17)19)18(24)20-10-14-7-15(11-20)9-16(8-14)12-20/h13-16H,2-12H2,1H3/t13-,14?,15?,16?,20?/m0/s1. The van der Waals surface area contributed by atoms with E-state index in [0.29, 0.717) is 5.78 Å². The number of fused-ring (bicyclic) bond motifs is 1. The topological polar surface area (TPSA) is 47.8 Å². The third-order valence-electron chi connectivity index (χ3n) is 7.29. The molecule has 5 heteroatoms. The van der Waals surface area contributed by atoms with Crippen molar-refractivity contribution in [2.45, 2.75) is 88.1 Å². The van der Waals surface area contributed by atoms with Gasteiger partial charge in [-0.1, -0.05) is 18.2 Å². The minimum atomic E-state index is 0.00278. The largest absolute Gasteiger partial charge is 0.306 e. The van der Waals surface area contributed by atoms with Crippen LogP contribution in [-0.2, 0) is 17.8 Å². The minimum Gasteiger partial charge on any atom is -0.306 e. The number of ketones is 1. The predicted octanol–water partition coefficient (Wildman–Crippen LogP) is 4.27. The molecule has 4 aliphatic carbocycles. The Kier molecular flexibility index (Phi) is 3.99. The van der Waals surface area contributed by atoms with Crippen molar-refractivity contribution in [3.63, 3.8) is 0 Å². The molecule has 136 valence electrons. The molecule has 25 heavy (non-hydrogen) atoms. The Morgan fingerprint density at radius 1 is 1.08 bits per heavy atom. The molecule has 4 saturated carbocycles. The number of hydrogen-bond acceptors (Lipinski definition) is 4. The van der Waals surface area contributed by atoms with Crippen LogP contribution in [0.4, 0.5) is 0 Å². The molecule has 0 aromatic carbocycles. The molecule has 5 aliphatic rings.